The number of nitrogens with zero attached hydrogens (tertiary/aromatic N) is 2. The van der Waals surface area contributed by atoms with Crippen molar-refractivity contribution in [3.8, 4) is 11.5 Å². The molecule has 0 bridgehead atoms. The highest BCUT2D eigenvalue weighted by Gasteiger charge is 2.51. The minimum atomic E-state index is -1.83. The number of aliphatic hydroxyl groups is 1. The molecule has 1 unspecified atom stereocenters. The molecule has 1 aromatic carbocycles. The van der Waals surface area contributed by atoms with Crippen LogP contribution in [0.4, 0.5) is 10.5 Å². The monoisotopic (exact) mass is 564 g/mol. The van der Waals surface area contributed by atoms with Crippen molar-refractivity contribution in [3.05, 3.63) is 17.7 Å². The molecule has 1 saturated heterocycles. The van der Waals surface area contributed by atoms with Gasteiger partial charge in [0.1, 0.15) is 6.61 Å². The Morgan fingerprint density at radius 1 is 1.08 bits per heavy atom. The number of amides is 2. The minimum Gasteiger partial charge on any atom is -0.493 e. The smallest absolute Gasteiger partial charge is 0.416 e. The molecule has 0 aromatic heterocycles. The molecule has 1 aliphatic carbocycles. The minimum absolute atomic E-state index is 0.120. The van der Waals surface area contributed by atoms with Gasteiger partial charge in [-0.15, -0.1) is 0 Å². The Balaban J connectivity index is 1.86. The van der Waals surface area contributed by atoms with Crippen LogP contribution in [0.1, 0.15) is 48.9 Å². The average Bonchev–Trinajstić information content (AvgIpc) is 3.26. The second kappa shape index (κ2) is 11.4. The summed E-state index contributed by atoms with van der Waals surface area (Å²) in [5.41, 5.74) is 0.454. The van der Waals surface area contributed by atoms with E-state index in [1.54, 1.807) is 11.0 Å². The summed E-state index contributed by atoms with van der Waals surface area (Å²) in [5.74, 6) is 0.0469. The number of ether oxygens (including phenoxy) is 4. The molecule has 9 nitrogen and oxygen atoms in total. The number of rotatable bonds is 6. The Morgan fingerprint density at radius 3 is 2.36 bits per heavy atom. The number of anilines is 1. The van der Waals surface area contributed by atoms with Gasteiger partial charge in [0, 0.05) is 25.1 Å². The number of methoxy groups -OCH3 is 2. The third-order valence-electron chi connectivity index (χ3n) is 7.06. The van der Waals surface area contributed by atoms with E-state index in [9.17, 15) is 14.7 Å². The van der Waals surface area contributed by atoms with E-state index in [4.69, 9.17) is 53.8 Å². The van der Waals surface area contributed by atoms with Crippen molar-refractivity contribution < 1.29 is 33.6 Å². The average molecular weight is 566 g/mol. The van der Waals surface area contributed by atoms with Crippen LogP contribution in [0.15, 0.2) is 12.1 Å². The summed E-state index contributed by atoms with van der Waals surface area (Å²) < 4.78 is 21.1. The summed E-state index contributed by atoms with van der Waals surface area (Å²) in [6.45, 7) is -0.263. The maximum absolute atomic E-state index is 13.8. The van der Waals surface area contributed by atoms with Crippen LogP contribution in [0.2, 0.25) is 0 Å². The summed E-state index contributed by atoms with van der Waals surface area (Å²) in [4.78, 5) is 30.4. The molecule has 2 amide bonds. The molecule has 36 heavy (non-hydrogen) atoms. The number of carbonyl (C=O) groups is 2. The predicted octanol–water partition coefficient (Wildman–Crippen LogP) is 4.53. The normalized spacial score (nSPS) is 24.7. The molecule has 12 heteroatoms. The first-order chi connectivity index (χ1) is 17.2. The van der Waals surface area contributed by atoms with Crippen molar-refractivity contribution in [1.29, 1.82) is 0 Å². The van der Waals surface area contributed by atoms with Crippen molar-refractivity contribution in [2.24, 2.45) is 5.92 Å². The fraction of sp³-hybridized carbons (Fsp3) is 0.667. The summed E-state index contributed by atoms with van der Waals surface area (Å²) in [6.07, 6.45) is 3.47. The molecule has 2 heterocycles. The van der Waals surface area contributed by atoms with Gasteiger partial charge in [0.2, 0.25) is 3.79 Å². The standard InChI is InChI=1S/C24H31Cl3N2O7/c1-33-18-10-16-17(11-19(18)34-2)29(23(32)35-13-24(25,26)27)22(36-15-6-4-3-5-7-15)20-14(12-30)8-9-28(20)21(16)31/h10-11,14-15,20,22,30H,3-9,12-13H2,1-2H3/t14-,20-,22?/m0/s1. The quantitative estimate of drug-likeness (QED) is 0.506. The second-order valence-corrected chi connectivity index (χ2v) is 11.8. The SMILES string of the molecule is COc1cc2c(cc1OC)N(C(=O)OCC(Cl)(Cl)Cl)C(OC1CCCCC1)[C@@H]1[C@H](CO)CCN1C2=O. The number of alkyl halides is 3. The Hall–Kier alpha value is -1.65. The predicted molar refractivity (Wildman–Crippen MR) is 135 cm³/mol. The molecule has 0 spiro atoms. The number of hydrogen-bond acceptors (Lipinski definition) is 7. The molecule has 2 fully saturated rings. The van der Waals surface area contributed by atoms with Gasteiger partial charge in [0.15, 0.2) is 17.7 Å². The number of hydrogen-bond donors (Lipinski definition) is 1. The van der Waals surface area contributed by atoms with Crippen molar-refractivity contribution in [2.75, 3.05) is 38.9 Å². The zero-order valence-corrected chi connectivity index (χ0v) is 22.5. The number of halogens is 3. The molecular weight excluding hydrogens is 535 g/mol. The fourth-order valence-corrected chi connectivity index (χ4v) is 5.50. The van der Waals surface area contributed by atoms with Crippen LogP contribution >= 0.6 is 34.8 Å². The molecule has 3 aliphatic rings. The fourth-order valence-electron chi connectivity index (χ4n) is 5.34. The van der Waals surface area contributed by atoms with Crippen LogP contribution in [-0.4, -0.2) is 78.2 Å². The van der Waals surface area contributed by atoms with E-state index in [0.717, 1.165) is 32.1 Å². The third-order valence-corrected chi connectivity index (χ3v) is 7.38. The maximum Gasteiger partial charge on any atom is 0.416 e. The van der Waals surface area contributed by atoms with Crippen LogP contribution in [0.5, 0.6) is 11.5 Å². The second-order valence-electron chi connectivity index (χ2n) is 9.27. The first kappa shape index (κ1) is 27.4. The lowest BCUT2D eigenvalue weighted by Crippen LogP contribution is -2.56. The maximum atomic E-state index is 13.8. The Bertz CT molecular complexity index is 968. The highest BCUT2D eigenvalue weighted by Crippen LogP contribution is 2.44. The van der Waals surface area contributed by atoms with Crippen LogP contribution in [-0.2, 0) is 9.47 Å². The number of fused-ring (bicyclic) bond motifs is 2. The van der Waals surface area contributed by atoms with E-state index < -0.39 is 28.8 Å². The van der Waals surface area contributed by atoms with Crippen LogP contribution in [0, 0.1) is 5.92 Å². The highest BCUT2D eigenvalue weighted by molar-refractivity contribution is 6.67. The Morgan fingerprint density at radius 2 is 1.75 bits per heavy atom. The van der Waals surface area contributed by atoms with E-state index in [2.05, 4.69) is 0 Å². The van der Waals surface area contributed by atoms with E-state index >= 15 is 0 Å². The highest BCUT2D eigenvalue weighted by atomic mass is 35.6. The lowest BCUT2D eigenvalue weighted by Gasteiger charge is -2.40. The van der Waals surface area contributed by atoms with Crippen LogP contribution in [0.25, 0.3) is 0 Å². The van der Waals surface area contributed by atoms with Crippen molar-refractivity contribution in [3.63, 3.8) is 0 Å². The van der Waals surface area contributed by atoms with E-state index in [-0.39, 0.29) is 35.8 Å². The van der Waals surface area contributed by atoms with Crippen molar-refractivity contribution in [1.82, 2.24) is 4.90 Å². The molecule has 0 radical (unpaired) electrons. The lowest BCUT2D eigenvalue weighted by molar-refractivity contribution is -0.0683. The molecule has 2 aliphatic heterocycles. The number of carbonyl (C=O) groups excluding carboxylic acids is 2. The van der Waals surface area contributed by atoms with Gasteiger partial charge < -0.3 is 29.0 Å². The van der Waals surface area contributed by atoms with Gasteiger partial charge in [-0.2, -0.15) is 0 Å². The van der Waals surface area contributed by atoms with Gasteiger partial charge in [0.05, 0.1) is 37.6 Å². The number of benzene rings is 1. The van der Waals surface area contributed by atoms with E-state index in [0.29, 0.717) is 24.5 Å². The summed E-state index contributed by atoms with van der Waals surface area (Å²) in [5, 5.41) is 10.2. The Labute approximate surface area is 225 Å². The van der Waals surface area contributed by atoms with Gasteiger partial charge in [-0.05, 0) is 25.3 Å². The summed E-state index contributed by atoms with van der Waals surface area (Å²) in [7, 11) is 2.93. The van der Waals surface area contributed by atoms with E-state index in [1.807, 2.05) is 0 Å². The van der Waals surface area contributed by atoms with Gasteiger partial charge >= 0.3 is 6.09 Å². The first-order valence-electron chi connectivity index (χ1n) is 12.0. The van der Waals surface area contributed by atoms with E-state index in [1.165, 1.54) is 25.2 Å². The molecular formula is C24H31Cl3N2O7. The Kier molecular flexibility index (Phi) is 8.67. The van der Waals surface area contributed by atoms with Crippen LogP contribution in [0.3, 0.4) is 0 Å². The van der Waals surface area contributed by atoms with Gasteiger partial charge in [-0.25, -0.2) is 9.69 Å². The molecule has 1 aromatic rings. The van der Waals surface area contributed by atoms with Gasteiger partial charge in [-0.1, -0.05) is 54.1 Å². The topological polar surface area (TPSA) is 97.8 Å². The summed E-state index contributed by atoms with van der Waals surface area (Å²) >= 11 is 17.6. The van der Waals surface area contributed by atoms with Crippen molar-refractivity contribution >= 4 is 52.5 Å². The molecule has 4 rings (SSSR count). The number of aliphatic hydroxyl groups excluding tert-OH is 1. The van der Waals surface area contributed by atoms with Crippen LogP contribution < -0.4 is 14.4 Å². The molecule has 1 N–H and O–H groups in total. The lowest BCUT2D eigenvalue weighted by atomic mass is 9.96. The summed E-state index contributed by atoms with van der Waals surface area (Å²) in [6, 6.07) is 2.49. The molecule has 200 valence electrons. The zero-order chi connectivity index (χ0) is 26.0. The van der Waals surface area contributed by atoms with Gasteiger partial charge in [-0.3, -0.25) is 4.79 Å². The zero-order valence-electron chi connectivity index (χ0n) is 20.3. The largest absolute Gasteiger partial charge is 0.493 e. The van der Waals surface area contributed by atoms with Crippen molar-refractivity contribution in [2.45, 2.75) is 60.7 Å². The molecule has 1 saturated carbocycles. The first-order valence-corrected chi connectivity index (χ1v) is 13.2. The molecule has 3 atom stereocenters. The third kappa shape index (κ3) is 5.60. The van der Waals surface area contributed by atoms with Gasteiger partial charge in [0.25, 0.3) is 5.91 Å².